The maximum Gasteiger partial charge on any atom is 0.335 e. The molecule has 6 nitrogen and oxygen atoms in total. The Morgan fingerprint density at radius 2 is 1.80 bits per heavy atom. The van der Waals surface area contributed by atoms with E-state index in [-0.39, 0.29) is 11.6 Å². The van der Waals surface area contributed by atoms with Crippen molar-refractivity contribution in [2.24, 2.45) is 0 Å². The number of urea groups is 1. The van der Waals surface area contributed by atoms with Gasteiger partial charge in [-0.05, 0) is 57.7 Å². The van der Waals surface area contributed by atoms with Crippen molar-refractivity contribution in [3.63, 3.8) is 0 Å². The molecule has 0 aliphatic rings. The van der Waals surface area contributed by atoms with Gasteiger partial charge in [0.1, 0.15) is 0 Å². The van der Waals surface area contributed by atoms with Gasteiger partial charge < -0.3 is 20.6 Å². The van der Waals surface area contributed by atoms with Gasteiger partial charge in [0.25, 0.3) is 0 Å². The molecule has 0 saturated heterocycles. The highest BCUT2D eigenvalue weighted by atomic mass is 16.4. The number of carbonyl (C=O) groups is 2. The molecule has 1 rings (SSSR count). The highest BCUT2D eigenvalue weighted by Gasteiger charge is 2.04. The molecule has 0 spiro atoms. The fraction of sp³-hybridized carbons (Fsp3) is 0.429. The first-order valence-corrected chi connectivity index (χ1v) is 6.52. The van der Waals surface area contributed by atoms with E-state index in [0.717, 1.165) is 19.4 Å². The average Bonchev–Trinajstić information content (AvgIpc) is 2.38. The lowest BCUT2D eigenvalue weighted by atomic mass is 10.2. The van der Waals surface area contributed by atoms with Crippen LogP contribution in [-0.4, -0.2) is 49.2 Å². The van der Waals surface area contributed by atoms with Crippen LogP contribution in [0.5, 0.6) is 0 Å². The number of carbonyl (C=O) groups excluding carboxylic acids is 1. The van der Waals surface area contributed by atoms with Crippen molar-refractivity contribution in [2.75, 3.05) is 32.5 Å². The van der Waals surface area contributed by atoms with Gasteiger partial charge >= 0.3 is 12.0 Å². The number of carboxylic acid groups (broad SMARTS) is 1. The zero-order chi connectivity index (χ0) is 15.0. The first-order valence-electron chi connectivity index (χ1n) is 6.52. The second-order valence-electron chi connectivity index (χ2n) is 4.77. The van der Waals surface area contributed by atoms with E-state index in [9.17, 15) is 9.59 Å². The minimum absolute atomic E-state index is 0.194. The normalized spacial score (nSPS) is 10.3. The van der Waals surface area contributed by atoms with E-state index < -0.39 is 5.97 Å². The standard InChI is InChI=1S/C14H21N3O3/c1-17(2)10-4-3-9-15-14(20)16-12-7-5-11(6-8-12)13(18)19/h5-8H,3-4,9-10H2,1-2H3,(H,18,19)(H2,15,16,20). The molecule has 3 N–H and O–H groups in total. The van der Waals surface area contributed by atoms with Crippen LogP contribution in [0.1, 0.15) is 23.2 Å². The van der Waals surface area contributed by atoms with E-state index in [0.29, 0.717) is 12.2 Å². The molecular formula is C14H21N3O3. The van der Waals surface area contributed by atoms with Gasteiger partial charge in [-0.25, -0.2) is 9.59 Å². The Morgan fingerprint density at radius 3 is 2.35 bits per heavy atom. The predicted molar refractivity (Wildman–Crippen MR) is 78.2 cm³/mol. The number of hydrogen-bond donors (Lipinski definition) is 3. The van der Waals surface area contributed by atoms with Crippen LogP contribution in [0.4, 0.5) is 10.5 Å². The van der Waals surface area contributed by atoms with Crippen LogP contribution in [0.15, 0.2) is 24.3 Å². The number of anilines is 1. The van der Waals surface area contributed by atoms with E-state index in [1.807, 2.05) is 14.1 Å². The Balaban J connectivity index is 2.26. The highest BCUT2D eigenvalue weighted by molar-refractivity contribution is 5.91. The van der Waals surface area contributed by atoms with E-state index in [1.54, 1.807) is 12.1 Å². The molecular weight excluding hydrogens is 258 g/mol. The number of hydrogen-bond acceptors (Lipinski definition) is 3. The summed E-state index contributed by atoms with van der Waals surface area (Å²) >= 11 is 0. The summed E-state index contributed by atoms with van der Waals surface area (Å²) in [5.41, 5.74) is 0.764. The molecule has 2 amide bonds. The van der Waals surface area contributed by atoms with Gasteiger partial charge in [0, 0.05) is 12.2 Å². The number of rotatable bonds is 7. The van der Waals surface area contributed by atoms with Crippen LogP contribution < -0.4 is 10.6 Å². The van der Waals surface area contributed by atoms with Gasteiger partial charge in [0.05, 0.1) is 5.56 Å². The number of aromatic carboxylic acids is 1. The number of nitrogens with one attached hydrogen (secondary N) is 2. The molecule has 0 aromatic heterocycles. The van der Waals surface area contributed by atoms with E-state index in [2.05, 4.69) is 15.5 Å². The van der Waals surface area contributed by atoms with E-state index in [4.69, 9.17) is 5.11 Å². The van der Waals surface area contributed by atoms with Gasteiger partial charge in [0.15, 0.2) is 0 Å². The highest BCUT2D eigenvalue weighted by Crippen LogP contribution is 2.09. The van der Waals surface area contributed by atoms with Crippen LogP contribution in [0, 0.1) is 0 Å². The lowest BCUT2D eigenvalue weighted by molar-refractivity contribution is 0.0697. The molecule has 110 valence electrons. The molecule has 0 fully saturated rings. The molecule has 0 unspecified atom stereocenters. The zero-order valence-corrected chi connectivity index (χ0v) is 11.8. The minimum Gasteiger partial charge on any atom is -0.478 e. The van der Waals surface area contributed by atoms with Crippen molar-refractivity contribution in [1.82, 2.24) is 10.2 Å². The molecule has 0 aliphatic heterocycles. The maximum atomic E-state index is 11.6. The molecule has 0 aliphatic carbocycles. The SMILES string of the molecule is CN(C)CCCCNC(=O)Nc1ccc(C(=O)O)cc1. The summed E-state index contributed by atoms with van der Waals surface area (Å²) in [4.78, 5) is 24.4. The summed E-state index contributed by atoms with van der Waals surface area (Å²) in [6.07, 6.45) is 1.95. The summed E-state index contributed by atoms with van der Waals surface area (Å²) in [6.45, 7) is 1.62. The van der Waals surface area contributed by atoms with E-state index >= 15 is 0 Å². The third kappa shape index (κ3) is 6.19. The number of benzene rings is 1. The maximum absolute atomic E-state index is 11.6. The van der Waals surface area contributed by atoms with Gasteiger partial charge in [-0.15, -0.1) is 0 Å². The summed E-state index contributed by atoms with van der Waals surface area (Å²) in [5.74, 6) is -0.984. The van der Waals surface area contributed by atoms with Gasteiger partial charge in [0.2, 0.25) is 0 Å². The summed E-state index contributed by atoms with van der Waals surface area (Å²) < 4.78 is 0. The van der Waals surface area contributed by atoms with Crippen LogP contribution in [-0.2, 0) is 0 Å². The Labute approximate surface area is 118 Å². The Morgan fingerprint density at radius 1 is 1.15 bits per heavy atom. The van der Waals surface area contributed by atoms with Crippen molar-refractivity contribution < 1.29 is 14.7 Å². The van der Waals surface area contributed by atoms with Crippen molar-refractivity contribution in [1.29, 1.82) is 0 Å². The Hall–Kier alpha value is -2.08. The number of carboxylic acids is 1. The van der Waals surface area contributed by atoms with Gasteiger partial charge in [-0.1, -0.05) is 0 Å². The summed E-state index contributed by atoms with van der Waals surface area (Å²) in [5, 5.41) is 14.2. The van der Waals surface area contributed by atoms with Crippen molar-refractivity contribution in [3.05, 3.63) is 29.8 Å². The molecule has 6 heteroatoms. The second-order valence-corrected chi connectivity index (χ2v) is 4.77. The van der Waals surface area contributed by atoms with E-state index in [1.165, 1.54) is 12.1 Å². The number of nitrogens with zero attached hydrogens (tertiary/aromatic N) is 1. The first-order chi connectivity index (χ1) is 9.49. The third-order valence-corrected chi connectivity index (χ3v) is 2.71. The largest absolute Gasteiger partial charge is 0.478 e. The summed E-state index contributed by atoms with van der Waals surface area (Å²) in [6, 6.07) is 5.76. The monoisotopic (exact) mass is 279 g/mol. The molecule has 0 bridgehead atoms. The molecule has 1 aromatic carbocycles. The fourth-order valence-corrected chi connectivity index (χ4v) is 1.63. The predicted octanol–water partition coefficient (Wildman–Crippen LogP) is 1.85. The Kier molecular flexibility index (Phi) is 6.52. The van der Waals surface area contributed by atoms with Crippen LogP contribution in [0.25, 0.3) is 0 Å². The van der Waals surface area contributed by atoms with Crippen LogP contribution in [0.3, 0.4) is 0 Å². The third-order valence-electron chi connectivity index (χ3n) is 2.71. The molecule has 1 aromatic rings. The lowest BCUT2D eigenvalue weighted by Gasteiger charge is -2.10. The van der Waals surface area contributed by atoms with Gasteiger partial charge in [-0.2, -0.15) is 0 Å². The van der Waals surface area contributed by atoms with Crippen LogP contribution >= 0.6 is 0 Å². The lowest BCUT2D eigenvalue weighted by Crippen LogP contribution is -2.29. The van der Waals surface area contributed by atoms with Crippen molar-refractivity contribution in [2.45, 2.75) is 12.8 Å². The molecule has 20 heavy (non-hydrogen) atoms. The van der Waals surface area contributed by atoms with Crippen molar-refractivity contribution in [3.8, 4) is 0 Å². The molecule has 0 radical (unpaired) electrons. The zero-order valence-electron chi connectivity index (χ0n) is 11.8. The molecule has 0 heterocycles. The average molecular weight is 279 g/mol. The quantitative estimate of drug-likeness (QED) is 0.665. The fourth-order valence-electron chi connectivity index (χ4n) is 1.63. The van der Waals surface area contributed by atoms with Crippen LogP contribution in [0.2, 0.25) is 0 Å². The smallest absolute Gasteiger partial charge is 0.335 e. The topological polar surface area (TPSA) is 81.7 Å². The minimum atomic E-state index is -0.984. The molecule has 0 saturated carbocycles. The summed E-state index contributed by atoms with van der Waals surface area (Å²) in [7, 11) is 4.03. The number of unbranched alkanes of at least 4 members (excludes halogenated alkanes) is 1. The number of amides is 2. The first kappa shape index (κ1) is 16.0. The molecule has 0 atom stereocenters. The second kappa shape index (κ2) is 8.16. The Bertz CT molecular complexity index is 443. The van der Waals surface area contributed by atoms with Gasteiger partial charge in [-0.3, -0.25) is 0 Å². The van der Waals surface area contributed by atoms with Crippen molar-refractivity contribution >= 4 is 17.7 Å².